The van der Waals surface area contributed by atoms with Crippen molar-refractivity contribution in [2.75, 3.05) is 6.54 Å². The van der Waals surface area contributed by atoms with E-state index in [1.54, 1.807) is 0 Å². The van der Waals surface area contributed by atoms with Crippen LogP contribution < -0.4 is 5.73 Å². The molecule has 3 heteroatoms. The molecule has 0 spiro atoms. The average Bonchev–Trinajstić information content (AvgIpc) is 2.50. The highest BCUT2D eigenvalue weighted by Crippen LogP contribution is 2.43. The second-order valence-electron chi connectivity index (χ2n) is 7.85. The average molecular weight is 269 g/mol. The van der Waals surface area contributed by atoms with Crippen LogP contribution in [0.3, 0.4) is 0 Å². The quantitative estimate of drug-likeness (QED) is 0.855. The summed E-state index contributed by atoms with van der Waals surface area (Å²) in [4.78, 5) is 0. The smallest absolute Gasteiger partial charge is 0.0895 e. The fraction of sp³-hybridized carbons (Fsp3) is 1.00. The van der Waals surface area contributed by atoms with Gasteiger partial charge in [0.15, 0.2) is 0 Å². The van der Waals surface area contributed by atoms with E-state index in [1.807, 2.05) is 0 Å². The lowest BCUT2D eigenvalue weighted by molar-refractivity contribution is -0.161. The minimum absolute atomic E-state index is 0.0914. The Balaban J connectivity index is 2.06. The van der Waals surface area contributed by atoms with Gasteiger partial charge in [-0.3, -0.25) is 0 Å². The van der Waals surface area contributed by atoms with Gasteiger partial charge in [-0.15, -0.1) is 0 Å². The third-order valence-electron chi connectivity index (χ3n) is 4.94. The monoisotopic (exact) mass is 269 g/mol. The molecular formula is C16H31NO2. The van der Waals surface area contributed by atoms with Crippen molar-refractivity contribution in [2.45, 2.75) is 89.6 Å². The Morgan fingerprint density at radius 1 is 1.16 bits per heavy atom. The van der Waals surface area contributed by atoms with E-state index >= 15 is 0 Å². The lowest BCUT2D eigenvalue weighted by Crippen LogP contribution is -2.49. The maximum Gasteiger partial charge on any atom is 0.0895 e. The molecule has 112 valence electrons. The van der Waals surface area contributed by atoms with E-state index in [4.69, 9.17) is 15.2 Å². The number of ether oxygens (including phenoxy) is 2. The number of rotatable bonds is 3. The van der Waals surface area contributed by atoms with Crippen molar-refractivity contribution in [1.82, 2.24) is 0 Å². The summed E-state index contributed by atoms with van der Waals surface area (Å²) in [7, 11) is 0. The van der Waals surface area contributed by atoms with Crippen molar-refractivity contribution >= 4 is 0 Å². The lowest BCUT2D eigenvalue weighted by Gasteiger charge is -2.42. The van der Waals surface area contributed by atoms with E-state index in [0.717, 1.165) is 25.2 Å². The molecule has 0 bridgehead atoms. The van der Waals surface area contributed by atoms with Gasteiger partial charge in [-0.1, -0.05) is 6.92 Å². The van der Waals surface area contributed by atoms with E-state index in [-0.39, 0.29) is 22.9 Å². The van der Waals surface area contributed by atoms with E-state index in [9.17, 15) is 0 Å². The van der Waals surface area contributed by atoms with E-state index < -0.39 is 0 Å². The molecule has 0 radical (unpaired) electrons. The fourth-order valence-electron chi connectivity index (χ4n) is 3.66. The van der Waals surface area contributed by atoms with Gasteiger partial charge >= 0.3 is 0 Å². The van der Waals surface area contributed by atoms with Crippen LogP contribution in [0.25, 0.3) is 0 Å². The second kappa shape index (κ2) is 5.01. The summed E-state index contributed by atoms with van der Waals surface area (Å²) >= 11 is 0. The predicted molar refractivity (Wildman–Crippen MR) is 78.2 cm³/mol. The molecule has 0 aromatic carbocycles. The molecule has 1 unspecified atom stereocenters. The zero-order valence-electron chi connectivity index (χ0n) is 13.3. The number of nitrogens with two attached hydrogens (primary N) is 1. The third kappa shape index (κ3) is 3.32. The minimum Gasteiger partial charge on any atom is -0.367 e. The van der Waals surface area contributed by atoms with Crippen molar-refractivity contribution in [1.29, 1.82) is 0 Å². The zero-order chi connectivity index (χ0) is 14.3. The summed E-state index contributed by atoms with van der Waals surface area (Å²) in [5, 5.41) is 0. The van der Waals surface area contributed by atoms with Crippen molar-refractivity contribution in [2.24, 2.45) is 11.7 Å². The summed E-state index contributed by atoms with van der Waals surface area (Å²) in [5.41, 5.74) is 5.63. The summed E-state index contributed by atoms with van der Waals surface area (Å²) in [6.07, 6.45) is 5.76. The van der Waals surface area contributed by atoms with Crippen LogP contribution in [0.15, 0.2) is 0 Å². The molecule has 1 saturated carbocycles. The predicted octanol–water partition coefficient (Wildman–Crippen LogP) is 3.26. The van der Waals surface area contributed by atoms with Crippen molar-refractivity contribution in [3.05, 3.63) is 0 Å². The first-order valence-corrected chi connectivity index (χ1v) is 7.76. The van der Waals surface area contributed by atoms with Gasteiger partial charge in [0.2, 0.25) is 0 Å². The van der Waals surface area contributed by atoms with Crippen LogP contribution in [-0.4, -0.2) is 29.5 Å². The van der Waals surface area contributed by atoms with Gasteiger partial charge in [-0.05, 0) is 59.3 Å². The third-order valence-corrected chi connectivity index (χ3v) is 4.94. The van der Waals surface area contributed by atoms with Crippen LogP contribution in [0.4, 0.5) is 0 Å². The fourth-order valence-corrected chi connectivity index (χ4v) is 3.66. The first-order valence-electron chi connectivity index (χ1n) is 7.76. The van der Waals surface area contributed by atoms with Crippen LogP contribution in [-0.2, 0) is 9.47 Å². The summed E-state index contributed by atoms with van der Waals surface area (Å²) in [6.45, 7) is 11.5. The maximum atomic E-state index is 6.54. The van der Waals surface area contributed by atoms with Crippen LogP contribution in [0.2, 0.25) is 0 Å². The molecular weight excluding hydrogens is 238 g/mol. The molecule has 0 aromatic heterocycles. The van der Waals surface area contributed by atoms with Crippen LogP contribution >= 0.6 is 0 Å². The van der Waals surface area contributed by atoms with Gasteiger partial charge in [-0.25, -0.2) is 0 Å². The first-order chi connectivity index (χ1) is 8.68. The van der Waals surface area contributed by atoms with Gasteiger partial charge in [0.05, 0.1) is 22.9 Å². The van der Waals surface area contributed by atoms with Gasteiger partial charge in [-0.2, -0.15) is 0 Å². The first kappa shape index (κ1) is 15.3. The summed E-state index contributed by atoms with van der Waals surface area (Å²) < 4.78 is 12.7. The topological polar surface area (TPSA) is 44.5 Å². The molecule has 3 nitrogen and oxygen atoms in total. The van der Waals surface area contributed by atoms with E-state index in [0.29, 0.717) is 6.54 Å². The largest absolute Gasteiger partial charge is 0.367 e. The molecule has 2 fully saturated rings. The zero-order valence-corrected chi connectivity index (χ0v) is 13.3. The standard InChI is InChI=1S/C16H31NO2/c1-12-6-8-16(11-17,9-7-12)18-13-10-14(2,3)19-15(13,4)5/h12-13H,6-11,17H2,1-5H3. The van der Waals surface area contributed by atoms with Gasteiger partial charge < -0.3 is 15.2 Å². The Morgan fingerprint density at radius 2 is 1.74 bits per heavy atom. The number of hydrogen-bond donors (Lipinski definition) is 1. The molecule has 0 aromatic rings. The summed E-state index contributed by atoms with van der Waals surface area (Å²) in [6, 6.07) is 0. The Bertz CT molecular complexity index is 317. The Morgan fingerprint density at radius 3 is 2.16 bits per heavy atom. The van der Waals surface area contributed by atoms with Crippen LogP contribution in [0.5, 0.6) is 0 Å². The maximum absolute atomic E-state index is 6.54. The molecule has 1 atom stereocenters. The highest BCUT2D eigenvalue weighted by Gasteiger charge is 2.50. The molecule has 1 saturated heterocycles. The van der Waals surface area contributed by atoms with E-state index in [1.165, 1.54) is 12.8 Å². The molecule has 1 heterocycles. The molecule has 1 aliphatic carbocycles. The number of hydrogen-bond acceptors (Lipinski definition) is 3. The molecule has 2 aliphatic rings. The molecule has 1 aliphatic heterocycles. The highest BCUT2D eigenvalue weighted by molar-refractivity contribution is 4.99. The van der Waals surface area contributed by atoms with Crippen molar-refractivity contribution in [3.63, 3.8) is 0 Å². The van der Waals surface area contributed by atoms with Gasteiger partial charge in [0.25, 0.3) is 0 Å². The normalized spacial score (nSPS) is 41.4. The van der Waals surface area contributed by atoms with Crippen LogP contribution in [0.1, 0.15) is 66.7 Å². The Kier molecular flexibility index (Phi) is 4.03. The molecule has 19 heavy (non-hydrogen) atoms. The molecule has 2 rings (SSSR count). The summed E-state index contributed by atoms with van der Waals surface area (Å²) in [5.74, 6) is 0.813. The highest BCUT2D eigenvalue weighted by atomic mass is 16.6. The Hall–Kier alpha value is -0.120. The molecule has 0 amide bonds. The van der Waals surface area contributed by atoms with Crippen LogP contribution in [0, 0.1) is 5.92 Å². The SMILES string of the molecule is CC1CCC(CN)(OC2CC(C)(C)OC2(C)C)CC1. The second-order valence-corrected chi connectivity index (χ2v) is 7.85. The van der Waals surface area contributed by atoms with E-state index in [2.05, 4.69) is 34.6 Å². The van der Waals surface area contributed by atoms with Crippen molar-refractivity contribution in [3.8, 4) is 0 Å². The minimum atomic E-state index is -0.214. The van der Waals surface area contributed by atoms with Crippen molar-refractivity contribution < 1.29 is 9.47 Å². The van der Waals surface area contributed by atoms with Gasteiger partial charge in [0.1, 0.15) is 0 Å². The Labute approximate surface area is 118 Å². The molecule has 2 N–H and O–H groups in total. The lowest BCUT2D eigenvalue weighted by atomic mass is 9.79. The van der Waals surface area contributed by atoms with Gasteiger partial charge in [0, 0.05) is 13.0 Å².